The van der Waals surface area contributed by atoms with Crippen LogP contribution in [0, 0.1) is 5.82 Å². The van der Waals surface area contributed by atoms with Gasteiger partial charge in [0.05, 0.1) is 6.54 Å². The van der Waals surface area contributed by atoms with Crippen LogP contribution in [0.1, 0.15) is 5.56 Å². The molecule has 1 aromatic carbocycles. The van der Waals surface area contributed by atoms with Gasteiger partial charge in [0.25, 0.3) is 0 Å². The number of halogens is 8. The monoisotopic (exact) mass is 387 g/mol. The molecule has 0 saturated carbocycles. The number of carbonyl (C=O) groups is 1. The zero-order valence-electron chi connectivity index (χ0n) is 12.5. The van der Waals surface area contributed by atoms with Gasteiger partial charge in [0.2, 0.25) is 0 Å². The molecule has 12 heteroatoms. The van der Waals surface area contributed by atoms with Crippen LogP contribution in [-0.4, -0.2) is 33.7 Å². The summed E-state index contributed by atoms with van der Waals surface area (Å²) in [4.78, 5) is 11.2. The number of hydrogen-bond donors (Lipinski definition) is 1. The van der Waals surface area contributed by atoms with E-state index < -0.39 is 35.6 Å². The lowest BCUT2D eigenvalue weighted by atomic mass is 10.1. The third-order valence-electron chi connectivity index (χ3n) is 3.21. The summed E-state index contributed by atoms with van der Waals surface area (Å²) < 4.78 is 103. The highest BCUT2D eigenvalue weighted by atomic mass is 19.4. The fraction of sp³-hybridized carbons (Fsp3) is 0.286. The number of anilines is 1. The summed E-state index contributed by atoms with van der Waals surface area (Å²) >= 11 is 0. The van der Waals surface area contributed by atoms with Crippen LogP contribution in [0.15, 0.2) is 36.5 Å². The molecule has 142 valence electrons. The van der Waals surface area contributed by atoms with Crippen molar-refractivity contribution in [2.24, 2.45) is 0 Å². The number of hydrogen-bond acceptors (Lipinski definition) is 2. The number of nitrogens with one attached hydrogen (secondary N) is 1. The second-order valence-electron chi connectivity index (χ2n) is 5.09. The predicted molar refractivity (Wildman–Crippen MR) is 72.3 cm³/mol. The Morgan fingerprint density at radius 2 is 1.65 bits per heavy atom. The highest BCUT2D eigenvalue weighted by Crippen LogP contribution is 2.46. The molecule has 0 fully saturated rings. The van der Waals surface area contributed by atoms with Gasteiger partial charge in [0, 0.05) is 17.8 Å². The van der Waals surface area contributed by atoms with Crippen molar-refractivity contribution in [3.63, 3.8) is 0 Å². The Balaban J connectivity index is 2.13. The fourth-order valence-corrected chi connectivity index (χ4v) is 1.83. The van der Waals surface area contributed by atoms with Crippen LogP contribution >= 0.6 is 0 Å². The van der Waals surface area contributed by atoms with E-state index in [1.54, 1.807) is 0 Å². The van der Waals surface area contributed by atoms with Crippen molar-refractivity contribution in [1.82, 2.24) is 9.78 Å². The van der Waals surface area contributed by atoms with Crippen LogP contribution in [0.3, 0.4) is 0 Å². The molecule has 0 radical (unpaired) electrons. The summed E-state index contributed by atoms with van der Waals surface area (Å²) in [7, 11) is 0. The van der Waals surface area contributed by atoms with Gasteiger partial charge in [0.15, 0.2) is 5.82 Å². The van der Waals surface area contributed by atoms with Crippen molar-refractivity contribution in [3.8, 4) is 0 Å². The highest BCUT2D eigenvalue weighted by molar-refractivity contribution is 5.96. The second kappa shape index (κ2) is 6.57. The molecule has 0 atom stereocenters. The first-order valence-electron chi connectivity index (χ1n) is 6.77. The number of amides is 1. The van der Waals surface area contributed by atoms with E-state index in [9.17, 15) is 39.9 Å². The van der Waals surface area contributed by atoms with Gasteiger partial charge in [0.1, 0.15) is 5.82 Å². The van der Waals surface area contributed by atoms with Crippen LogP contribution < -0.4 is 5.32 Å². The number of benzene rings is 1. The first-order chi connectivity index (χ1) is 11.9. The molecular weight excluding hydrogens is 378 g/mol. The zero-order chi connectivity index (χ0) is 19.8. The van der Waals surface area contributed by atoms with E-state index in [1.807, 2.05) is 0 Å². The van der Waals surface area contributed by atoms with Crippen molar-refractivity contribution >= 4 is 11.7 Å². The summed E-state index contributed by atoms with van der Waals surface area (Å²) in [6.45, 7) is -0.197. The van der Waals surface area contributed by atoms with Crippen LogP contribution in [0.5, 0.6) is 0 Å². The normalized spacial score (nSPS) is 12.9. The number of nitrogens with zero attached hydrogens (tertiary/aromatic N) is 2. The molecule has 0 unspecified atom stereocenters. The maximum Gasteiger partial charge on any atom is 0.460 e. The molecule has 0 spiro atoms. The molecule has 2 rings (SSSR count). The topological polar surface area (TPSA) is 46.9 Å². The molecule has 0 aliphatic carbocycles. The first-order valence-corrected chi connectivity index (χ1v) is 6.77. The second-order valence-corrected chi connectivity index (χ2v) is 5.09. The molecule has 26 heavy (non-hydrogen) atoms. The molecule has 2 aromatic rings. The van der Waals surface area contributed by atoms with Crippen LogP contribution in [0.4, 0.5) is 40.9 Å². The molecule has 1 amide bonds. The predicted octanol–water partition coefficient (Wildman–Crippen LogP) is 3.84. The maximum atomic E-state index is 13.5. The average molecular weight is 387 g/mol. The lowest BCUT2D eigenvalue weighted by Crippen LogP contribution is -2.57. The quantitative estimate of drug-likeness (QED) is 0.793. The molecular formula is C14H9F8N3O. The molecule has 0 aliphatic rings. The van der Waals surface area contributed by atoms with E-state index in [-0.39, 0.29) is 12.1 Å². The Morgan fingerprint density at radius 1 is 1.04 bits per heavy atom. The van der Waals surface area contributed by atoms with Crippen molar-refractivity contribution in [1.29, 1.82) is 0 Å². The highest BCUT2D eigenvalue weighted by Gasteiger charge is 2.76. The smallest absolute Gasteiger partial charge is 0.304 e. The Labute approximate surface area is 140 Å². The van der Waals surface area contributed by atoms with Crippen LogP contribution in [0.2, 0.25) is 0 Å². The van der Waals surface area contributed by atoms with Crippen LogP contribution in [0.25, 0.3) is 0 Å². The first kappa shape index (κ1) is 19.7. The number of rotatable bonds is 5. The average Bonchev–Trinajstić information content (AvgIpc) is 2.95. The SMILES string of the molecule is O=C(Nc1ccn(Cc2ccccc2F)n1)C(F)(F)C(F)(F)C(F)(F)F. The Morgan fingerprint density at radius 3 is 2.23 bits per heavy atom. The molecule has 1 heterocycles. The third-order valence-corrected chi connectivity index (χ3v) is 3.21. The van der Waals surface area contributed by atoms with Crippen molar-refractivity contribution in [2.45, 2.75) is 24.6 Å². The van der Waals surface area contributed by atoms with Gasteiger partial charge in [-0.3, -0.25) is 9.48 Å². The minimum Gasteiger partial charge on any atom is -0.304 e. The van der Waals surface area contributed by atoms with Gasteiger partial charge in [-0.1, -0.05) is 18.2 Å². The maximum absolute atomic E-state index is 13.5. The van der Waals surface area contributed by atoms with Gasteiger partial charge < -0.3 is 5.32 Å². The Kier molecular flexibility index (Phi) is 4.97. The largest absolute Gasteiger partial charge is 0.460 e. The minimum atomic E-state index is -6.63. The van der Waals surface area contributed by atoms with E-state index in [0.29, 0.717) is 0 Å². The Hall–Kier alpha value is -2.66. The summed E-state index contributed by atoms with van der Waals surface area (Å²) in [6.07, 6.45) is -5.54. The van der Waals surface area contributed by atoms with Gasteiger partial charge in [-0.15, -0.1) is 0 Å². The molecule has 0 aliphatic heterocycles. The number of aromatic nitrogens is 2. The summed E-state index contributed by atoms with van der Waals surface area (Å²) in [5.41, 5.74) is 0.141. The molecule has 4 nitrogen and oxygen atoms in total. The van der Waals surface area contributed by atoms with E-state index in [1.165, 1.54) is 23.5 Å². The summed E-state index contributed by atoms with van der Waals surface area (Å²) in [6, 6.07) is 6.32. The van der Waals surface area contributed by atoms with Gasteiger partial charge in [-0.05, 0) is 6.07 Å². The third kappa shape index (κ3) is 3.63. The van der Waals surface area contributed by atoms with Gasteiger partial charge in [-0.25, -0.2) is 4.39 Å². The van der Waals surface area contributed by atoms with Crippen LogP contribution in [-0.2, 0) is 11.3 Å². The molecule has 1 aromatic heterocycles. The van der Waals surface area contributed by atoms with Crippen molar-refractivity contribution < 1.29 is 39.9 Å². The fourth-order valence-electron chi connectivity index (χ4n) is 1.83. The molecule has 0 bridgehead atoms. The van der Waals surface area contributed by atoms with Gasteiger partial charge in [-0.2, -0.15) is 35.8 Å². The summed E-state index contributed by atoms with van der Waals surface area (Å²) in [5.74, 6) is -16.8. The summed E-state index contributed by atoms with van der Waals surface area (Å²) in [5, 5.41) is 4.69. The molecule has 1 N–H and O–H groups in total. The van der Waals surface area contributed by atoms with Crippen molar-refractivity contribution in [3.05, 3.63) is 47.9 Å². The van der Waals surface area contributed by atoms with Gasteiger partial charge >= 0.3 is 23.9 Å². The van der Waals surface area contributed by atoms with E-state index in [2.05, 4.69) is 5.10 Å². The van der Waals surface area contributed by atoms with Crippen molar-refractivity contribution in [2.75, 3.05) is 5.32 Å². The Bertz CT molecular complexity index is 799. The number of alkyl halides is 7. The lowest BCUT2D eigenvalue weighted by molar-refractivity contribution is -0.343. The minimum absolute atomic E-state index is 0.141. The van der Waals surface area contributed by atoms with E-state index in [4.69, 9.17) is 0 Å². The zero-order valence-corrected chi connectivity index (χ0v) is 12.5. The number of carbonyl (C=O) groups excluding carboxylic acids is 1. The molecule has 0 saturated heterocycles. The standard InChI is InChI=1S/C14H9F8N3O/c15-9-4-2-1-3-8(9)7-25-6-5-10(24-25)23-11(26)12(16,17)13(18,19)14(20,21)22/h1-6H,7H2,(H,23,24,26). The van der Waals surface area contributed by atoms with E-state index in [0.717, 1.165) is 23.0 Å². The van der Waals surface area contributed by atoms with E-state index >= 15 is 0 Å². The lowest BCUT2D eigenvalue weighted by Gasteiger charge is -2.26.